The normalized spacial score (nSPS) is 10.8. The first-order valence-electron chi connectivity index (χ1n) is 9.27. The van der Waals surface area contributed by atoms with Crippen molar-refractivity contribution in [3.63, 3.8) is 0 Å². The molecule has 3 rings (SSSR count). The highest BCUT2D eigenvalue weighted by Gasteiger charge is 2.22. The summed E-state index contributed by atoms with van der Waals surface area (Å²) in [6.45, 7) is 0. The number of hydrogen-bond acceptors (Lipinski definition) is 7. The molecule has 0 aromatic heterocycles. The summed E-state index contributed by atoms with van der Waals surface area (Å²) in [4.78, 5) is 33.1. The molecule has 1 amide bonds. The third-order valence-corrected chi connectivity index (χ3v) is 5.45. The number of hydrogen-bond donors (Lipinski definition) is 1. The number of nitrogens with one attached hydrogen (secondary N) is 1. The molecule has 0 unspecified atom stereocenters. The van der Waals surface area contributed by atoms with Gasteiger partial charge in [0, 0.05) is 16.2 Å². The van der Waals surface area contributed by atoms with E-state index in [2.05, 4.69) is 37.2 Å². The van der Waals surface area contributed by atoms with Gasteiger partial charge < -0.3 is 10.1 Å². The Bertz CT molecular complexity index is 1370. The summed E-state index contributed by atoms with van der Waals surface area (Å²) in [5.74, 6) is -0.596. The van der Waals surface area contributed by atoms with E-state index in [0.29, 0.717) is 15.7 Å². The monoisotopic (exact) mass is 586 g/mol. The van der Waals surface area contributed by atoms with E-state index in [4.69, 9.17) is 4.74 Å². The fourth-order valence-electron chi connectivity index (χ4n) is 2.70. The molecule has 0 saturated carbocycles. The Morgan fingerprint density at radius 3 is 2.24 bits per heavy atom. The van der Waals surface area contributed by atoms with Gasteiger partial charge in [0.1, 0.15) is 17.4 Å². The minimum Gasteiger partial charge on any atom is -0.449 e. The lowest BCUT2D eigenvalue weighted by molar-refractivity contribution is -0.394. The summed E-state index contributed by atoms with van der Waals surface area (Å²) in [6, 6.07) is 16.3. The van der Waals surface area contributed by atoms with Crippen LogP contribution in [0.25, 0.3) is 6.08 Å². The molecule has 0 aliphatic carbocycles. The summed E-state index contributed by atoms with van der Waals surface area (Å²) in [7, 11) is 0. The molecule has 0 fully saturated rings. The maximum absolute atomic E-state index is 12.4. The van der Waals surface area contributed by atoms with Crippen LogP contribution < -0.4 is 10.1 Å². The molecule has 170 valence electrons. The number of halogens is 2. The number of rotatable bonds is 7. The fourth-order valence-corrected chi connectivity index (χ4v) is 3.45. The van der Waals surface area contributed by atoms with Crippen molar-refractivity contribution in [1.29, 1.82) is 5.26 Å². The van der Waals surface area contributed by atoms with Gasteiger partial charge in [-0.15, -0.1) is 0 Å². The summed E-state index contributed by atoms with van der Waals surface area (Å²) >= 11 is 6.59. The zero-order valence-corrected chi connectivity index (χ0v) is 20.1. The van der Waals surface area contributed by atoms with Crippen molar-refractivity contribution in [1.82, 2.24) is 0 Å². The Kier molecular flexibility index (Phi) is 7.72. The van der Waals surface area contributed by atoms with Crippen LogP contribution in [-0.2, 0) is 4.79 Å². The largest absolute Gasteiger partial charge is 0.449 e. The number of nitro benzene ring substituents is 2. The van der Waals surface area contributed by atoms with Crippen LogP contribution in [-0.4, -0.2) is 15.8 Å². The van der Waals surface area contributed by atoms with Crippen molar-refractivity contribution in [2.24, 2.45) is 0 Å². The lowest BCUT2D eigenvalue weighted by atomic mass is 10.1. The molecule has 0 heterocycles. The lowest BCUT2D eigenvalue weighted by Crippen LogP contribution is -2.13. The van der Waals surface area contributed by atoms with Crippen LogP contribution in [0.5, 0.6) is 11.5 Å². The first-order chi connectivity index (χ1) is 16.2. The molecule has 3 aromatic rings. The Labute approximate surface area is 209 Å². The quantitative estimate of drug-likeness (QED) is 0.146. The molecule has 0 aliphatic rings. The van der Waals surface area contributed by atoms with Crippen molar-refractivity contribution in [2.75, 3.05) is 5.32 Å². The summed E-state index contributed by atoms with van der Waals surface area (Å²) in [5.41, 5.74) is -0.149. The van der Waals surface area contributed by atoms with Crippen molar-refractivity contribution in [3.8, 4) is 17.6 Å². The fraction of sp³-hybridized carbons (Fsp3) is 0. The number of carbonyl (C=O) groups excluding carboxylic acids is 1. The predicted octanol–water partition coefficient (Wildman–Crippen LogP) is 6.37. The number of nitriles is 1. The zero-order chi connectivity index (χ0) is 24.8. The van der Waals surface area contributed by atoms with E-state index in [0.717, 1.165) is 22.7 Å². The maximum Gasteiger partial charge on any atom is 0.318 e. The molecule has 3 aromatic carbocycles. The minimum atomic E-state index is -0.781. The highest BCUT2D eigenvalue weighted by molar-refractivity contribution is 9.10. The molecular formula is C22H12Br2N4O6. The molecule has 0 saturated heterocycles. The Morgan fingerprint density at radius 1 is 0.971 bits per heavy atom. The number of nitrogens with zero attached hydrogens (tertiary/aromatic N) is 3. The Balaban J connectivity index is 1.83. The van der Waals surface area contributed by atoms with Gasteiger partial charge >= 0.3 is 5.69 Å². The second-order valence-corrected chi connectivity index (χ2v) is 8.36. The van der Waals surface area contributed by atoms with Gasteiger partial charge in [0.2, 0.25) is 5.75 Å². The van der Waals surface area contributed by atoms with Crippen LogP contribution >= 0.6 is 31.9 Å². The van der Waals surface area contributed by atoms with E-state index in [1.54, 1.807) is 36.4 Å². The number of benzene rings is 3. The van der Waals surface area contributed by atoms with E-state index in [-0.39, 0.29) is 17.1 Å². The second-order valence-electron chi connectivity index (χ2n) is 6.59. The van der Waals surface area contributed by atoms with Crippen LogP contribution in [0.4, 0.5) is 17.1 Å². The third-order valence-electron chi connectivity index (χ3n) is 4.30. The molecule has 1 N–H and O–H groups in total. The van der Waals surface area contributed by atoms with E-state index < -0.39 is 27.1 Å². The number of non-ortho nitro benzene ring substituents is 1. The average Bonchev–Trinajstić information content (AvgIpc) is 2.80. The number of anilines is 1. The summed E-state index contributed by atoms with van der Waals surface area (Å²) < 4.78 is 6.79. The number of carbonyl (C=O) groups is 1. The molecule has 0 spiro atoms. The van der Waals surface area contributed by atoms with Crippen LogP contribution in [0.3, 0.4) is 0 Å². The van der Waals surface area contributed by atoms with Crippen LogP contribution in [0.15, 0.2) is 75.2 Å². The smallest absolute Gasteiger partial charge is 0.318 e. The van der Waals surface area contributed by atoms with Gasteiger partial charge in [-0.05, 0) is 70.0 Å². The van der Waals surface area contributed by atoms with Gasteiger partial charge in [-0.3, -0.25) is 25.0 Å². The van der Waals surface area contributed by atoms with Crippen molar-refractivity contribution in [3.05, 3.63) is 101 Å². The van der Waals surface area contributed by atoms with Gasteiger partial charge in [-0.25, -0.2) is 0 Å². The van der Waals surface area contributed by atoms with Crippen molar-refractivity contribution in [2.45, 2.75) is 0 Å². The van der Waals surface area contributed by atoms with Crippen LogP contribution in [0, 0.1) is 31.6 Å². The van der Waals surface area contributed by atoms with Gasteiger partial charge in [0.15, 0.2) is 0 Å². The van der Waals surface area contributed by atoms with Crippen molar-refractivity contribution < 1.29 is 19.4 Å². The Hall–Kier alpha value is -4.08. The molecule has 0 atom stereocenters. The zero-order valence-electron chi connectivity index (χ0n) is 16.9. The van der Waals surface area contributed by atoms with Gasteiger partial charge in [0.25, 0.3) is 11.6 Å². The second kappa shape index (κ2) is 10.7. The number of amides is 1. The average molecular weight is 588 g/mol. The van der Waals surface area contributed by atoms with E-state index >= 15 is 0 Å². The van der Waals surface area contributed by atoms with E-state index in [1.165, 1.54) is 12.1 Å². The number of ether oxygens (including phenoxy) is 1. The maximum atomic E-state index is 12.4. The molecular weight excluding hydrogens is 576 g/mol. The highest BCUT2D eigenvalue weighted by Crippen LogP contribution is 2.37. The first-order valence-corrected chi connectivity index (χ1v) is 10.9. The predicted molar refractivity (Wildman–Crippen MR) is 130 cm³/mol. The summed E-state index contributed by atoms with van der Waals surface area (Å²) in [6.07, 6.45) is 1.37. The van der Waals surface area contributed by atoms with Gasteiger partial charge in [-0.1, -0.05) is 22.0 Å². The molecule has 10 nitrogen and oxygen atoms in total. The topological polar surface area (TPSA) is 148 Å². The molecule has 0 aliphatic heterocycles. The van der Waals surface area contributed by atoms with Crippen molar-refractivity contribution >= 4 is 60.9 Å². The van der Waals surface area contributed by atoms with Gasteiger partial charge in [0.05, 0.1) is 20.4 Å². The molecule has 0 radical (unpaired) electrons. The van der Waals surface area contributed by atoms with Gasteiger partial charge in [-0.2, -0.15) is 5.26 Å². The SMILES string of the molecule is N#C/C(=C\c1ccc(Oc2ccc([N+](=O)[O-])cc2[N+](=O)[O-])c(Br)c1)C(=O)Nc1ccc(Br)cc1. The standard InChI is InChI=1S/C22H12Br2N4O6/c23-15-2-4-16(5-3-15)26-22(29)14(12-25)9-13-1-7-20(18(24)10-13)34-21-8-6-17(27(30)31)11-19(21)28(32)33/h1-11H,(H,26,29)/b14-9+. The number of nitro groups is 2. The highest BCUT2D eigenvalue weighted by atomic mass is 79.9. The van der Waals surface area contributed by atoms with E-state index in [9.17, 15) is 30.3 Å². The first kappa shape index (κ1) is 24.6. The summed E-state index contributed by atoms with van der Waals surface area (Å²) in [5, 5.41) is 34.2. The molecule has 34 heavy (non-hydrogen) atoms. The van der Waals surface area contributed by atoms with Crippen LogP contribution in [0.1, 0.15) is 5.56 Å². The molecule has 0 bridgehead atoms. The van der Waals surface area contributed by atoms with Crippen LogP contribution in [0.2, 0.25) is 0 Å². The van der Waals surface area contributed by atoms with E-state index in [1.807, 2.05) is 6.07 Å². The minimum absolute atomic E-state index is 0.144. The molecule has 12 heteroatoms. The lowest BCUT2D eigenvalue weighted by Gasteiger charge is -2.09. The third kappa shape index (κ3) is 6.03. The Morgan fingerprint density at radius 2 is 1.65 bits per heavy atom.